The molecule has 0 amide bonds. The van der Waals surface area contributed by atoms with Crippen molar-refractivity contribution in [2.45, 2.75) is 106 Å². The number of nitrogens with one attached hydrogen (secondary N) is 2. The predicted molar refractivity (Wildman–Crippen MR) is 260 cm³/mol. The third-order valence-corrected chi connectivity index (χ3v) is 12.8. The minimum atomic E-state index is -0.690. The van der Waals surface area contributed by atoms with Crippen LogP contribution in [0.15, 0.2) is 58.3 Å². The van der Waals surface area contributed by atoms with E-state index in [1.54, 1.807) is 13.0 Å². The van der Waals surface area contributed by atoms with Gasteiger partial charge in [0.25, 0.3) is 0 Å². The van der Waals surface area contributed by atoms with Crippen LogP contribution < -0.4 is 49.6 Å². The molecule has 0 radical (unpaired) electrons. The molecule has 0 saturated carbocycles. The number of benzene rings is 3. The molecule has 0 aliphatic carbocycles. The zero-order valence-electron chi connectivity index (χ0n) is 37.2. The first-order valence-corrected chi connectivity index (χ1v) is 23.9. The summed E-state index contributed by atoms with van der Waals surface area (Å²) in [7, 11) is 0. The minimum absolute atomic E-state index is 0.0687. The molecule has 3 rings (SSSR count). The Balaban J connectivity index is 2.01. The van der Waals surface area contributed by atoms with Crippen molar-refractivity contribution >= 4 is 58.2 Å². The predicted octanol–water partition coefficient (Wildman–Crippen LogP) is 4.29. The van der Waals surface area contributed by atoms with E-state index >= 15 is 0 Å². The molecular formula is C47H69N9O6S2. The Morgan fingerprint density at radius 3 is 1.38 bits per heavy atom. The van der Waals surface area contributed by atoms with E-state index in [9.17, 15) is 19.2 Å². The molecule has 0 aromatic heterocycles. The maximum atomic E-state index is 14.5. The van der Waals surface area contributed by atoms with E-state index in [0.717, 1.165) is 33.8 Å². The van der Waals surface area contributed by atoms with Gasteiger partial charge >= 0.3 is 0 Å². The van der Waals surface area contributed by atoms with Crippen molar-refractivity contribution in [3.05, 3.63) is 81.9 Å². The summed E-state index contributed by atoms with van der Waals surface area (Å²) in [5, 5.41) is 15.1. The lowest BCUT2D eigenvalue weighted by atomic mass is 9.93. The smallest absolute Gasteiger partial charge is 0.171 e. The second kappa shape index (κ2) is 29.2. The Bertz CT molecular complexity index is 1910. The molecular weight excluding hydrogens is 851 g/mol. The third kappa shape index (κ3) is 17.8. The number of rotatable bonds is 34. The number of carbonyl (C=O) groups excluding carboxylic acids is 4. The number of ketones is 4. The summed E-state index contributed by atoms with van der Waals surface area (Å²) >= 11 is 2.93. The molecule has 0 bridgehead atoms. The first-order valence-electron chi connectivity index (χ1n) is 21.9. The van der Waals surface area contributed by atoms with Gasteiger partial charge in [-0.25, -0.2) is 0 Å². The van der Waals surface area contributed by atoms with Crippen LogP contribution in [0.4, 0.5) is 0 Å². The number of hydrogen-bond acceptors (Lipinski definition) is 16. The number of hydrogen-bond donors (Lipinski definition) is 9. The summed E-state index contributed by atoms with van der Waals surface area (Å²) in [4.78, 5) is 57.2. The Kier molecular flexibility index (Phi) is 24.5. The van der Waals surface area contributed by atoms with Gasteiger partial charge in [0.1, 0.15) is 24.7 Å². The van der Waals surface area contributed by atoms with Crippen molar-refractivity contribution in [2.24, 2.45) is 40.1 Å². The lowest BCUT2D eigenvalue weighted by Gasteiger charge is -2.19. The Morgan fingerprint density at radius 1 is 0.594 bits per heavy atom. The number of unbranched alkanes of at least 4 members (excludes halogenated alkanes) is 2. The highest BCUT2D eigenvalue weighted by atomic mass is 32.2. The van der Waals surface area contributed by atoms with Gasteiger partial charge in [0.15, 0.2) is 23.1 Å². The fourth-order valence-corrected chi connectivity index (χ4v) is 8.98. The highest BCUT2D eigenvalue weighted by molar-refractivity contribution is 7.99. The van der Waals surface area contributed by atoms with Gasteiger partial charge < -0.3 is 55.0 Å². The van der Waals surface area contributed by atoms with E-state index in [1.165, 1.54) is 35.7 Å². The molecule has 0 aliphatic heterocycles. The molecule has 1 unspecified atom stereocenters. The van der Waals surface area contributed by atoms with Crippen LogP contribution in [0.2, 0.25) is 0 Å². The van der Waals surface area contributed by atoms with Gasteiger partial charge in [0.05, 0.1) is 29.0 Å². The maximum Gasteiger partial charge on any atom is 0.171 e. The van der Waals surface area contributed by atoms with Gasteiger partial charge in [0.2, 0.25) is 0 Å². The van der Waals surface area contributed by atoms with Crippen LogP contribution in [0.5, 0.6) is 11.5 Å². The van der Waals surface area contributed by atoms with Gasteiger partial charge in [-0.15, -0.1) is 23.5 Å². The molecule has 0 aliphatic rings. The zero-order valence-corrected chi connectivity index (χ0v) is 38.9. The van der Waals surface area contributed by atoms with Gasteiger partial charge in [-0.1, -0.05) is 49.2 Å². The molecule has 2 atom stereocenters. The molecule has 0 saturated heterocycles. The second-order valence-electron chi connectivity index (χ2n) is 15.7. The summed E-state index contributed by atoms with van der Waals surface area (Å²) in [6.07, 6.45) is 4.98. The number of Topliss-reactive ketones (excluding diaryl/α,β-unsaturated/α-hetero) is 4. The summed E-state index contributed by atoms with van der Waals surface area (Å²) in [6, 6.07) is 12.7. The lowest BCUT2D eigenvalue weighted by Crippen LogP contribution is -2.32. The van der Waals surface area contributed by atoms with Crippen LogP contribution in [0.3, 0.4) is 0 Å². The second-order valence-corrected chi connectivity index (χ2v) is 17.9. The number of carbonyl (C=O) groups is 4. The molecule has 350 valence electrons. The summed E-state index contributed by atoms with van der Waals surface area (Å²) in [5.74, 6) is 0.666. The third-order valence-electron chi connectivity index (χ3n) is 10.3. The molecule has 0 fully saturated rings. The molecule has 64 heavy (non-hydrogen) atoms. The van der Waals surface area contributed by atoms with Crippen molar-refractivity contribution in [3.63, 3.8) is 0 Å². The molecule has 3 aromatic rings. The van der Waals surface area contributed by atoms with Gasteiger partial charge in [-0.3, -0.25) is 24.6 Å². The average Bonchev–Trinajstić information content (AvgIpc) is 3.26. The highest BCUT2D eigenvalue weighted by Gasteiger charge is 2.26. The largest absolute Gasteiger partial charge is 0.491 e. The Labute approximate surface area is 386 Å². The zero-order chi connectivity index (χ0) is 47.0. The van der Waals surface area contributed by atoms with E-state index in [0.29, 0.717) is 80.0 Å². The first kappa shape index (κ1) is 53.9. The van der Waals surface area contributed by atoms with E-state index in [2.05, 4.69) is 0 Å². The molecule has 15 nitrogen and oxygen atoms in total. The highest BCUT2D eigenvalue weighted by Crippen LogP contribution is 2.35. The van der Waals surface area contributed by atoms with Crippen molar-refractivity contribution in [2.75, 3.05) is 50.9 Å². The van der Waals surface area contributed by atoms with Crippen molar-refractivity contribution in [1.29, 1.82) is 10.8 Å². The first-order chi connectivity index (χ1) is 30.7. The number of ether oxygens (including phenoxy) is 2. The Morgan fingerprint density at radius 2 is 1.00 bits per heavy atom. The maximum absolute atomic E-state index is 14.5. The van der Waals surface area contributed by atoms with E-state index < -0.39 is 12.1 Å². The van der Waals surface area contributed by atoms with Crippen LogP contribution in [0.1, 0.15) is 101 Å². The molecule has 0 heterocycles. The SMILES string of the molecule is CC(=N)CCCCC(N)C(=O)Cc1cccc(CC(=O)c2cc(C(=O)Cc3cccc(CC(=O)[C@H](N)CCCCC(=N)N)c3SCCN)c(OCCN)cc2OCCN)c1SCCN. The Hall–Kier alpha value is -4.46. The van der Waals surface area contributed by atoms with Crippen molar-refractivity contribution < 1.29 is 28.7 Å². The molecule has 17 heteroatoms. The van der Waals surface area contributed by atoms with Crippen LogP contribution in [0, 0.1) is 10.8 Å². The van der Waals surface area contributed by atoms with Gasteiger partial charge in [0, 0.05) is 91.4 Å². The fourth-order valence-electron chi connectivity index (χ4n) is 7.03. The summed E-state index contributed by atoms with van der Waals surface area (Å²) < 4.78 is 12.0. The fraction of sp³-hybridized carbons (Fsp3) is 0.489. The van der Waals surface area contributed by atoms with Crippen LogP contribution in [0.25, 0.3) is 0 Å². The van der Waals surface area contributed by atoms with Crippen LogP contribution >= 0.6 is 23.5 Å². The monoisotopic (exact) mass is 919 g/mol. The van der Waals surface area contributed by atoms with Crippen molar-refractivity contribution in [1.82, 2.24) is 0 Å². The average molecular weight is 920 g/mol. The number of amidine groups is 1. The topological polar surface area (TPSA) is 317 Å². The van der Waals surface area contributed by atoms with E-state index in [4.69, 9.17) is 60.4 Å². The normalized spacial score (nSPS) is 12.1. The van der Waals surface area contributed by atoms with Gasteiger partial charge in [-0.05, 0) is 67.3 Å². The standard InChI is InChI=1S/C47H69N9O6S2/c1-30(52)8-2-3-13-37(53)41(59)26-33-11-6-9-31(46(33)63-22-18-50)24-39(57)35-28-36(44(62-21-17-49)29-43(35)61-20-16-48)40(58)25-32-10-7-12-34(47(32)64-23-19-51)27-42(60)38(54)14-4-5-15-45(55)56/h6-7,9-12,28-29,37-38,52H,2-5,8,13-27,48-51,53-54H2,1H3,(H3,55,56)/t37?,38-/m1/s1. The molecule has 3 aromatic carbocycles. The van der Waals surface area contributed by atoms with E-state index in [1.807, 2.05) is 30.3 Å². The van der Waals surface area contributed by atoms with E-state index in [-0.39, 0.29) is 104 Å². The van der Waals surface area contributed by atoms with Crippen molar-refractivity contribution in [3.8, 4) is 11.5 Å². The summed E-state index contributed by atoms with van der Waals surface area (Å²) in [5.41, 5.74) is 45.3. The summed E-state index contributed by atoms with van der Waals surface area (Å²) in [6.45, 7) is 3.03. The number of thioether (sulfide) groups is 2. The minimum Gasteiger partial charge on any atom is -0.491 e. The number of nitrogens with two attached hydrogens (primary N) is 7. The lowest BCUT2D eigenvalue weighted by molar-refractivity contribution is -0.120. The molecule has 0 spiro atoms. The molecule has 16 N–H and O–H groups in total. The van der Waals surface area contributed by atoms with Gasteiger partial charge in [-0.2, -0.15) is 0 Å². The van der Waals surface area contributed by atoms with Crippen LogP contribution in [-0.4, -0.2) is 97.7 Å². The quantitative estimate of drug-likeness (QED) is 0.0133. The van der Waals surface area contributed by atoms with Crippen LogP contribution in [-0.2, 0) is 35.3 Å².